The summed E-state index contributed by atoms with van der Waals surface area (Å²) in [6.45, 7) is 0. The minimum Gasteiger partial charge on any atom is -0.615 e. The highest BCUT2D eigenvalue weighted by atomic mass is 32.2. The molecule has 1 aromatic carbocycles. The van der Waals surface area contributed by atoms with Crippen LogP contribution in [0.3, 0.4) is 0 Å². The van der Waals surface area contributed by atoms with E-state index in [1.807, 2.05) is 0 Å². The van der Waals surface area contributed by atoms with E-state index in [1.165, 1.54) is 0 Å². The van der Waals surface area contributed by atoms with Crippen molar-refractivity contribution in [3.63, 3.8) is 0 Å². The second kappa shape index (κ2) is 5.53. The van der Waals surface area contributed by atoms with Gasteiger partial charge in [0.05, 0.1) is 0 Å². The highest BCUT2D eigenvalue weighted by Crippen LogP contribution is 2.12. The highest BCUT2D eigenvalue weighted by Gasteiger charge is 2.37. The number of rotatable bonds is 5. The van der Waals surface area contributed by atoms with Gasteiger partial charge in [-0.3, -0.25) is 0 Å². The molecule has 16 heavy (non-hydrogen) atoms. The minimum absolute atomic E-state index is 0.0793. The molecule has 1 rings (SSSR count). The zero-order valence-electron chi connectivity index (χ0n) is 8.20. The van der Waals surface area contributed by atoms with Crippen LogP contribution in [0.25, 0.3) is 0 Å². The molecule has 0 aliphatic carbocycles. The Morgan fingerprint density at radius 3 is 2.12 bits per heavy atom. The molecule has 2 N–H and O–H groups in total. The van der Waals surface area contributed by atoms with Crippen LogP contribution in [-0.4, -0.2) is 32.0 Å². The molecule has 0 aliphatic rings. The summed E-state index contributed by atoms with van der Waals surface area (Å²) < 4.78 is 11.5. The summed E-state index contributed by atoms with van der Waals surface area (Å²) in [6.07, 6.45) is 0. The zero-order valence-corrected chi connectivity index (χ0v) is 9.02. The first-order valence-corrected chi connectivity index (χ1v) is 5.77. The average molecular weight is 242 g/mol. The molecular formula is C10H10O5S. The van der Waals surface area contributed by atoms with E-state index in [9.17, 15) is 14.1 Å². The maximum atomic E-state index is 11.5. The van der Waals surface area contributed by atoms with Crippen LogP contribution >= 0.6 is 0 Å². The van der Waals surface area contributed by atoms with Crippen LogP contribution in [0, 0.1) is 0 Å². The molecular weight excluding hydrogens is 232 g/mol. The molecule has 1 atom stereocenters. The smallest absolute Gasteiger partial charge is 0.369 e. The summed E-state index contributed by atoms with van der Waals surface area (Å²) in [7, 11) is 0. The Morgan fingerprint density at radius 2 is 1.69 bits per heavy atom. The zero-order chi connectivity index (χ0) is 12.1. The Hall–Kier alpha value is -1.53. The van der Waals surface area contributed by atoms with Crippen molar-refractivity contribution in [3.8, 4) is 0 Å². The van der Waals surface area contributed by atoms with Crippen LogP contribution in [0.15, 0.2) is 30.3 Å². The number of carboxylic acids is 2. The molecule has 0 heterocycles. The maximum absolute atomic E-state index is 11.5. The summed E-state index contributed by atoms with van der Waals surface area (Å²) in [4.78, 5) is 21.2. The predicted molar refractivity (Wildman–Crippen MR) is 57.3 cm³/mol. The largest absolute Gasteiger partial charge is 0.615 e. The van der Waals surface area contributed by atoms with Crippen molar-refractivity contribution < 1.29 is 24.4 Å². The predicted octanol–water partition coefficient (Wildman–Crippen LogP) is 0.473. The molecule has 0 radical (unpaired) electrons. The highest BCUT2D eigenvalue weighted by molar-refractivity contribution is 7.92. The molecule has 1 unspecified atom stereocenters. The molecule has 0 bridgehead atoms. The van der Waals surface area contributed by atoms with Gasteiger partial charge in [0.15, 0.2) is 0 Å². The van der Waals surface area contributed by atoms with Gasteiger partial charge >= 0.3 is 17.2 Å². The van der Waals surface area contributed by atoms with E-state index in [0.717, 1.165) is 0 Å². The molecule has 0 amide bonds. The summed E-state index contributed by atoms with van der Waals surface area (Å²) >= 11 is -1.97. The third-order valence-corrected chi connectivity index (χ3v) is 3.41. The van der Waals surface area contributed by atoms with Crippen molar-refractivity contribution in [2.45, 2.75) is 11.0 Å². The van der Waals surface area contributed by atoms with Crippen molar-refractivity contribution in [2.24, 2.45) is 0 Å². The fraction of sp³-hybridized carbons (Fsp3) is 0.200. The lowest BCUT2D eigenvalue weighted by Crippen LogP contribution is -2.38. The Balaban J connectivity index is 2.74. The second-order valence-corrected chi connectivity index (χ2v) is 4.59. The van der Waals surface area contributed by atoms with Gasteiger partial charge in [0.2, 0.25) is 0 Å². The van der Waals surface area contributed by atoms with Crippen LogP contribution in [0.1, 0.15) is 5.56 Å². The lowest BCUT2D eigenvalue weighted by atomic mass is 10.2. The van der Waals surface area contributed by atoms with Gasteiger partial charge in [-0.25, -0.2) is 9.59 Å². The molecule has 1 aromatic rings. The topological polar surface area (TPSA) is 97.7 Å². The van der Waals surface area contributed by atoms with Gasteiger partial charge in [-0.2, -0.15) is 0 Å². The second-order valence-electron chi connectivity index (χ2n) is 3.07. The summed E-state index contributed by atoms with van der Waals surface area (Å²) in [5, 5.41) is 15.4. The van der Waals surface area contributed by atoms with Gasteiger partial charge in [0.25, 0.3) is 0 Å². The molecule has 5 nitrogen and oxygen atoms in total. The van der Waals surface area contributed by atoms with Gasteiger partial charge in [-0.1, -0.05) is 30.3 Å². The van der Waals surface area contributed by atoms with E-state index in [-0.39, 0.29) is 5.75 Å². The molecule has 0 aliphatic heterocycles. The number of hydrogen-bond acceptors (Lipinski definition) is 3. The third kappa shape index (κ3) is 3.25. The first-order chi connectivity index (χ1) is 7.52. The van der Waals surface area contributed by atoms with Gasteiger partial charge in [-0.05, 0) is 11.2 Å². The monoisotopic (exact) mass is 242 g/mol. The van der Waals surface area contributed by atoms with Crippen LogP contribution in [-0.2, 0) is 26.5 Å². The molecule has 6 heteroatoms. The van der Waals surface area contributed by atoms with E-state index in [1.54, 1.807) is 30.3 Å². The van der Waals surface area contributed by atoms with Crippen LogP contribution in [0.2, 0.25) is 0 Å². The Kier molecular flexibility index (Phi) is 4.33. The van der Waals surface area contributed by atoms with Gasteiger partial charge in [0, 0.05) is 5.56 Å². The molecule has 86 valence electrons. The number of aliphatic carboxylic acids is 2. The van der Waals surface area contributed by atoms with E-state index in [4.69, 9.17) is 10.2 Å². The van der Waals surface area contributed by atoms with E-state index < -0.39 is 28.4 Å². The summed E-state index contributed by atoms with van der Waals surface area (Å²) in [5.74, 6) is -3.24. The van der Waals surface area contributed by atoms with Gasteiger partial charge < -0.3 is 14.8 Å². The molecule has 0 saturated heterocycles. The standard InChI is InChI=1S/C10H10O5S/c11-9(12)8(10(13)14)16(15)6-7-4-2-1-3-5-7/h1-5,8H,6H2,(H,11,12)(H,13,14). The Bertz CT molecular complexity index is 364. The van der Waals surface area contributed by atoms with Crippen molar-refractivity contribution in [3.05, 3.63) is 35.9 Å². The van der Waals surface area contributed by atoms with Crippen molar-refractivity contribution in [2.75, 3.05) is 0 Å². The Morgan fingerprint density at radius 1 is 1.19 bits per heavy atom. The maximum Gasteiger partial charge on any atom is 0.369 e. The quantitative estimate of drug-likeness (QED) is 0.578. The van der Waals surface area contributed by atoms with Crippen LogP contribution in [0.4, 0.5) is 0 Å². The third-order valence-electron chi connectivity index (χ3n) is 1.86. The molecule has 0 aromatic heterocycles. The Labute approximate surface area is 94.9 Å². The van der Waals surface area contributed by atoms with Crippen LogP contribution in [0.5, 0.6) is 0 Å². The fourth-order valence-corrected chi connectivity index (χ4v) is 2.29. The number of hydrogen-bond donors (Lipinski definition) is 2. The van der Waals surface area contributed by atoms with Crippen molar-refractivity contribution in [1.29, 1.82) is 0 Å². The summed E-state index contributed by atoms with van der Waals surface area (Å²) in [5.41, 5.74) is 0.647. The van der Waals surface area contributed by atoms with E-state index in [0.29, 0.717) is 5.56 Å². The lowest BCUT2D eigenvalue weighted by Gasteiger charge is -2.14. The first-order valence-electron chi connectivity index (χ1n) is 4.39. The summed E-state index contributed by atoms with van der Waals surface area (Å²) in [6, 6.07) is 8.52. The number of carbonyl (C=O) groups is 2. The lowest BCUT2D eigenvalue weighted by molar-refractivity contribution is -0.146. The number of carboxylic acid groups (broad SMARTS) is 2. The van der Waals surface area contributed by atoms with Gasteiger partial charge in [-0.15, -0.1) is 0 Å². The average Bonchev–Trinajstić information content (AvgIpc) is 2.17. The SMILES string of the molecule is O=C(O)C(C(=O)O)[S+]([O-])Cc1ccccc1. The number of benzene rings is 1. The molecule has 0 spiro atoms. The van der Waals surface area contributed by atoms with E-state index >= 15 is 0 Å². The molecule has 0 fully saturated rings. The van der Waals surface area contributed by atoms with Crippen molar-refractivity contribution in [1.82, 2.24) is 0 Å². The normalized spacial score (nSPS) is 12.4. The molecule has 0 saturated carbocycles. The van der Waals surface area contributed by atoms with Gasteiger partial charge in [0.1, 0.15) is 5.75 Å². The fourth-order valence-electron chi connectivity index (χ4n) is 1.15. The van der Waals surface area contributed by atoms with E-state index in [2.05, 4.69) is 0 Å². The van der Waals surface area contributed by atoms with Crippen molar-refractivity contribution >= 4 is 23.1 Å². The minimum atomic E-state index is -1.97. The first kappa shape index (κ1) is 12.5. The van der Waals surface area contributed by atoms with Crippen LogP contribution < -0.4 is 0 Å².